The Balaban J connectivity index is 2.16. The lowest BCUT2D eigenvalue weighted by atomic mass is 10.2. The van der Waals surface area contributed by atoms with Gasteiger partial charge in [0.1, 0.15) is 5.82 Å². The van der Waals surface area contributed by atoms with E-state index in [-0.39, 0.29) is 5.69 Å². The van der Waals surface area contributed by atoms with Crippen molar-refractivity contribution in [3.8, 4) is 0 Å². The molecule has 0 bridgehead atoms. The zero-order valence-electron chi connectivity index (χ0n) is 11.1. The molecule has 0 radical (unpaired) electrons. The molecule has 0 aliphatic carbocycles. The molecular formula is C14H12FN3O3. The smallest absolute Gasteiger partial charge is 0.338 e. The van der Waals surface area contributed by atoms with Crippen LogP contribution >= 0.6 is 0 Å². The number of carboxylic acids is 1. The van der Waals surface area contributed by atoms with Crippen molar-refractivity contribution in [3.63, 3.8) is 0 Å². The minimum absolute atomic E-state index is 0.189. The molecule has 21 heavy (non-hydrogen) atoms. The molecule has 0 unspecified atom stereocenters. The van der Waals surface area contributed by atoms with E-state index < -0.39 is 23.4 Å². The quantitative estimate of drug-likeness (QED) is 0.909. The average molecular weight is 289 g/mol. The maximum atomic E-state index is 13.3. The summed E-state index contributed by atoms with van der Waals surface area (Å²) in [5, 5.41) is 11.3. The van der Waals surface area contributed by atoms with E-state index in [1.54, 1.807) is 18.3 Å². The number of nitrogens with one attached hydrogen (secondary N) is 1. The van der Waals surface area contributed by atoms with Gasteiger partial charge in [0.05, 0.1) is 17.4 Å². The fourth-order valence-electron chi connectivity index (χ4n) is 1.64. The van der Waals surface area contributed by atoms with Crippen molar-refractivity contribution in [2.45, 2.75) is 0 Å². The van der Waals surface area contributed by atoms with Crippen LogP contribution in [0.5, 0.6) is 0 Å². The van der Waals surface area contributed by atoms with Gasteiger partial charge in [-0.3, -0.25) is 9.88 Å². The normalized spacial score (nSPS) is 10.0. The van der Waals surface area contributed by atoms with Crippen LogP contribution in [0.3, 0.4) is 0 Å². The van der Waals surface area contributed by atoms with Gasteiger partial charge in [0.15, 0.2) is 0 Å². The number of aromatic nitrogens is 1. The number of hydrogen-bond donors (Lipinski definition) is 2. The van der Waals surface area contributed by atoms with Gasteiger partial charge in [0.25, 0.3) is 0 Å². The third-order valence-electron chi connectivity index (χ3n) is 2.79. The first-order valence-corrected chi connectivity index (χ1v) is 5.96. The molecule has 0 aliphatic rings. The zero-order chi connectivity index (χ0) is 15.4. The van der Waals surface area contributed by atoms with Crippen molar-refractivity contribution in [2.24, 2.45) is 0 Å². The first-order valence-electron chi connectivity index (χ1n) is 5.96. The van der Waals surface area contributed by atoms with Crippen LogP contribution in [-0.4, -0.2) is 29.1 Å². The van der Waals surface area contributed by atoms with Crippen LogP contribution in [0, 0.1) is 5.82 Å². The van der Waals surface area contributed by atoms with Crippen LogP contribution in [0.2, 0.25) is 0 Å². The van der Waals surface area contributed by atoms with Gasteiger partial charge in [-0.2, -0.15) is 0 Å². The highest BCUT2D eigenvalue weighted by Crippen LogP contribution is 2.17. The lowest BCUT2D eigenvalue weighted by molar-refractivity contribution is 0.0692. The minimum atomic E-state index is -1.40. The van der Waals surface area contributed by atoms with Gasteiger partial charge < -0.3 is 10.4 Å². The Labute approximate surface area is 119 Å². The molecule has 0 saturated heterocycles. The molecule has 0 saturated carbocycles. The number of pyridine rings is 1. The third kappa shape index (κ3) is 3.33. The molecule has 6 nitrogen and oxygen atoms in total. The highest BCUT2D eigenvalue weighted by atomic mass is 19.1. The number of carbonyl (C=O) groups is 2. The van der Waals surface area contributed by atoms with Crippen LogP contribution in [-0.2, 0) is 0 Å². The van der Waals surface area contributed by atoms with E-state index in [0.717, 1.165) is 12.1 Å². The Hall–Kier alpha value is -2.96. The molecule has 2 N–H and O–H groups in total. The highest BCUT2D eigenvalue weighted by molar-refractivity contribution is 6.02. The summed E-state index contributed by atoms with van der Waals surface area (Å²) in [7, 11) is 1.54. The highest BCUT2D eigenvalue weighted by Gasteiger charge is 2.14. The standard InChI is InChI=1S/C14H12FN3O3/c1-18(10-3-2-6-16-8-10)14(21)17-9-4-5-12(15)11(7-9)13(19)20/h2-8H,1H3,(H,17,21)(H,19,20). The predicted molar refractivity (Wildman–Crippen MR) is 75.0 cm³/mol. The second kappa shape index (κ2) is 6.00. The minimum Gasteiger partial charge on any atom is -0.478 e. The second-order valence-corrected chi connectivity index (χ2v) is 4.20. The number of benzene rings is 1. The van der Waals surface area contributed by atoms with Gasteiger partial charge in [0.2, 0.25) is 0 Å². The molecule has 7 heteroatoms. The summed E-state index contributed by atoms with van der Waals surface area (Å²) in [6.07, 6.45) is 3.08. The van der Waals surface area contributed by atoms with Crippen LogP contribution in [0.25, 0.3) is 0 Å². The van der Waals surface area contributed by atoms with E-state index in [9.17, 15) is 14.0 Å². The van der Waals surface area contributed by atoms with Gasteiger partial charge in [0, 0.05) is 18.9 Å². The van der Waals surface area contributed by atoms with Gasteiger partial charge in [-0.05, 0) is 30.3 Å². The summed E-state index contributed by atoms with van der Waals surface area (Å²) in [4.78, 5) is 28.1. The van der Waals surface area contributed by atoms with Gasteiger partial charge >= 0.3 is 12.0 Å². The SMILES string of the molecule is CN(C(=O)Nc1ccc(F)c(C(=O)O)c1)c1cccnc1. The van der Waals surface area contributed by atoms with Crippen molar-refractivity contribution >= 4 is 23.4 Å². The van der Waals surface area contributed by atoms with E-state index in [4.69, 9.17) is 5.11 Å². The topological polar surface area (TPSA) is 82.5 Å². The first kappa shape index (κ1) is 14.4. The van der Waals surface area contributed by atoms with Crippen molar-refractivity contribution in [2.75, 3.05) is 17.3 Å². The number of urea groups is 1. The Morgan fingerprint density at radius 3 is 2.71 bits per heavy atom. The van der Waals surface area contributed by atoms with E-state index in [1.807, 2.05) is 0 Å². The Morgan fingerprint density at radius 2 is 2.10 bits per heavy atom. The van der Waals surface area contributed by atoms with Crippen molar-refractivity contribution in [1.82, 2.24) is 4.98 Å². The van der Waals surface area contributed by atoms with E-state index in [2.05, 4.69) is 10.3 Å². The molecule has 1 heterocycles. The summed E-state index contributed by atoms with van der Waals surface area (Å²) < 4.78 is 13.3. The number of hydrogen-bond acceptors (Lipinski definition) is 3. The van der Waals surface area contributed by atoms with Crippen LogP contribution in [0.1, 0.15) is 10.4 Å². The Kier molecular flexibility index (Phi) is 4.13. The van der Waals surface area contributed by atoms with E-state index in [0.29, 0.717) is 5.69 Å². The molecule has 0 aliphatic heterocycles. The zero-order valence-corrected chi connectivity index (χ0v) is 11.1. The maximum Gasteiger partial charge on any atom is 0.338 e. The number of halogens is 1. The fourth-order valence-corrected chi connectivity index (χ4v) is 1.64. The predicted octanol–water partition coefficient (Wildman–Crippen LogP) is 2.59. The monoisotopic (exact) mass is 289 g/mol. The third-order valence-corrected chi connectivity index (χ3v) is 2.79. The number of aromatic carboxylic acids is 1. The van der Waals surface area contributed by atoms with E-state index in [1.165, 1.54) is 24.2 Å². The van der Waals surface area contributed by atoms with Gasteiger partial charge in [-0.1, -0.05) is 0 Å². The Morgan fingerprint density at radius 1 is 1.33 bits per heavy atom. The Bertz CT molecular complexity index is 676. The molecule has 2 aromatic rings. The number of rotatable bonds is 3. The molecule has 1 aromatic heterocycles. The molecule has 2 amide bonds. The van der Waals surface area contributed by atoms with Crippen LogP contribution in [0.4, 0.5) is 20.6 Å². The summed E-state index contributed by atoms with van der Waals surface area (Å²) in [5.41, 5.74) is 0.252. The molecule has 0 spiro atoms. The van der Waals surface area contributed by atoms with Crippen LogP contribution in [0.15, 0.2) is 42.7 Å². The number of amides is 2. The molecule has 2 rings (SSSR count). The summed E-state index contributed by atoms with van der Waals surface area (Å²) >= 11 is 0. The lowest BCUT2D eigenvalue weighted by Gasteiger charge is -2.17. The fraction of sp³-hybridized carbons (Fsp3) is 0.0714. The molecule has 0 fully saturated rings. The summed E-state index contributed by atoms with van der Waals surface area (Å²) in [6.45, 7) is 0. The van der Waals surface area contributed by atoms with Crippen molar-refractivity contribution in [1.29, 1.82) is 0 Å². The van der Waals surface area contributed by atoms with Gasteiger partial charge in [-0.15, -0.1) is 0 Å². The largest absolute Gasteiger partial charge is 0.478 e. The maximum absolute atomic E-state index is 13.3. The van der Waals surface area contributed by atoms with Crippen molar-refractivity contribution < 1.29 is 19.1 Å². The summed E-state index contributed by atoms with van der Waals surface area (Å²) in [6, 6.07) is 6.22. The van der Waals surface area contributed by atoms with Gasteiger partial charge in [-0.25, -0.2) is 14.0 Å². The number of nitrogens with zero attached hydrogens (tertiary/aromatic N) is 2. The lowest BCUT2D eigenvalue weighted by Crippen LogP contribution is -2.31. The number of anilines is 2. The molecule has 0 atom stereocenters. The molecule has 1 aromatic carbocycles. The number of carbonyl (C=O) groups excluding carboxylic acids is 1. The first-order chi connectivity index (χ1) is 9.99. The molecular weight excluding hydrogens is 277 g/mol. The second-order valence-electron chi connectivity index (χ2n) is 4.20. The van der Waals surface area contributed by atoms with Crippen molar-refractivity contribution in [3.05, 3.63) is 54.1 Å². The summed E-state index contributed by atoms with van der Waals surface area (Å²) in [5.74, 6) is -2.26. The molecule has 108 valence electrons. The average Bonchev–Trinajstić information content (AvgIpc) is 2.49. The van der Waals surface area contributed by atoms with E-state index >= 15 is 0 Å². The van der Waals surface area contributed by atoms with Crippen LogP contribution < -0.4 is 10.2 Å². The number of carboxylic acid groups (broad SMARTS) is 1.